The predicted octanol–water partition coefficient (Wildman–Crippen LogP) is 3.26. The summed E-state index contributed by atoms with van der Waals surface area (Å²) in [6.45, 7) is 4.00. The van der Waals surface area contributed by atoms with Crippen molar-refractivity contribution in [2.24, 2.45) is 0 Å². The van der Waals surface area contributed by atoms with Crippen molar-refractivity contribution in [3.05, 3.63) is 46.3 Å². The SMILES string of the molecule is CC.COc1ccc(C#Cc2nc(Br)cnc2N)cc1. The number of benzene rings is 1. The van der Waals surface area contributed by atoms with E-state index in [4.69, 9.17) is 10.5 Å². The van der Waals surface area contributed by atoms with Crippen LogP contribution in [0.5, 0.6) is 5.75 Å². The molecule has 5 heteroatoms. The van der Waals surface area contributed by atoms with Crippen LogP contribution in [0, 0.1) is 11.8 Å². The van der Waals surface area contributed by atoms with E-state index in [1.165, 1.54) is 6.20 Å². The highest BCUT2D eigenvalue weighted by Gasteiger charge is 1.99. The molecule has 0 bridgehead atoms. The summed E-state index contributed by atoms with van der Waals surface area (Å²) in [5, 5.41) is 0. The van der Waals surface area contributed by atoms with Gasteiger partial charge in [0.25, 0.3) is 0 Å². The number of hydrogen-bond donors (Lipinski definition) is 1. The molecule has 1 aromatic heterocycles. The highest BCUT2D eigenvalue weighted by Crippen LogP contribution is 2.12. The molecule has 0 unspecified atom stereocenters. The Hall–Kier alpha value is -2.06. The van der Waals surface area contributed by atoms with Gasteiger partial charge in [0.2, 0.25) is 0 Å². The van der Waals surface area contributed by atoms with E-state index in [0.29, 0.717) is 16.1 Å². The Morgan fingerprint density at radius 3 is 2.40 bits per heavy atom. The molecule has 2 aromatic rings. The maximum absolute atomic E-state index is 5.68. The lowest BCUT2D eigenvalue weighted by Gasteiger charge is -1.98. The number of methoxy groups -OCH3 is 1. The van der Waals surface area contributed by atoms with E-state index in [9.17, 15) is 0 Å². The topological polar surface area (TPSA) is 61.0 Å². The summed E-state index contributed by atoms with van der Waals surface area (Å²) in [6, 6.07) is 7.43. The van der Waals surface area contributed by atoms with Gasteiger partial charge in [-0.15, -0.1) is 0 Å². The van der Waals surface area contributed by atoms with Gasteiger partial charge in [-0.2, -0.15) is 0 Å². The summed E-state index contributed by atoms with van der Waals surface area (Å²) in [5.74, 6) is 6.97. The molecule has 0 aliphatic carbocycles. The molecule has 2 N–H and O–H groups in total. The molecule has 0 radical (unpaired) electrons. The smallest absolute Gasteiger partial charge is 0.158 e. The summed E-state index contributed by atoms with van der Waals surface area (Å²) < 4.78 is 5.68. The summed E-state index contributed by atoms with van der Waals surface area (Å²) in [6.07, 6.45) is 1.54. The largest absolute Gasteiger partial charge is 0.497 e. The van der Waals surface area contributed by atoms with Crippen molar-refractivity contribution in [2.45, 2.75) is 13.8 Å². The average Bonchev–Trinajstić information content (AvgIpc) is 2.51. The summed E-state index contributed by atoms with van der Waals surface area (Å²) in [5.41, 5.74) is 7.00. The Labute approximate surface area is 127 Å². The number of nitrogens with zero attached hydrogens (tertiary/aromatic N) is 2. The zero-order chi connectivity index (χ0) is 15.0. The molecule has 0 fully saturated rings. The van der Waals surface area contributed by atoms with E-state index in [1.807, 2.05) is 38.1 Å². The Kier molecular flexibility index (Phi) is 6.54. The molecule has 104 valence electrons. The van der Waals surface area contributed by atoms with Crippen LogP contribution in [0.25, 0.3) is 0 Å². The zero-order valence-corrected chi connectivity index (χ0v) is 13.2. The molecule has 0 atom stereocenters. The fourth-order valence-electron chi connectivity index (χ4n) is 1.27. The monoisotopic (exact) mass is 333 g/mol. The van der Waals surface area contributed by atoms with Gasteiger partial charge in [-0.3, -0.25) is 0 Å². The van der Waals surface area contributed by atoms with Gasteiger partial charge < -0.3 is 10.5 Å². The molecule has 0 amide bonds. The van der Waals surface area contributed by atoms with Crippen molar-refractivity contribution in [3.63, 3.8) is 0 Å². The lowest BCUT2D eigenvalue weighted by Crippen LogP contribution is -1.97. The number of nitrogens with two attached hydrogens (primary N) is 1. The molecule has 0 aliphatic heterocycles. The first kappa shape index (κ1) is 16.0. The molecular formula is C15H16BrN3O. The Morgan fingerprint density at radius 1 is 1.15 bits per heavy atom. The van der Waals surface area contributed by atoms with E-state index in [-0.39, 0.29) is 0 Å². The number of rotatable bonds is 1. The van der Waals surface area contributed by atoms with Gasteiger partial charge in [-0.25, -0.2) is 9.97 Å². The minimum Gasteiger partial charge on any atom is -0.497 e. The van der Waals surface area contributed by atoms with Crippen molar-refractivity contribution >= 4 is 21.7 Å². The number of aromatic nitrogens is 2. The van der Waals surface area contributed by atoms with Gasteiger partial charge in [-0.1, -0.05) is 19.8 Å². The van der Waals surface area contributed by atoms with Crippen LogP contribution in [0.4, 0.5) is 5.82 Å². The molecule has 4 nitrogen and oxygen atoms in total. The molecular weight excluding hydrogens is 318 g/mol. The third-order valence-electron chi connectivity index (χ3n) is 2.19. The minimum absolute atomic E-state index is 0.319. The first-order chi connectivity index (χ1) is 9.69. The van der Waals surface area contributed by atoms with Crippen molar-refractivity contribution in [3.8, 4) is 17.6 Å². The Bertz CT molecular complexity index is 615. The van der Waals surface area contributed by atoms with Crippen LogP contribution in [-0.4, -0.2) is 17.1 Å². The first-order valence-electron chi connectivity index (χ1n) is 6.13. The minimum atomic E-state index is 0.319. The second-order valence-corrected chi connectivity index (χ2v) is 4.22. The van der Waals surface area contributed by atoms with Crippen LogP contribution in [0.15, 0.2) is 35.1 Å². The molecule has 0 aliphatic rings. The fourth-order valence-corrected chi connectivity index (χ4v) is 1.55. The Balaban J connectivity index is 0.000000956. The average molecular weight is 334 g/mol. The molecule has 0 saturated carbocycles. The molecule has 1 heterocycles. The first-order valence-corrected chi connectivity index (χ1v) is 6.92. The maximum atomic E-state index is 5.68. The van der Waals surface area contributed by atoms with Gasteiger partial charge in [0.15, 0.2) is 11.5 Å². The van der Waals surface area contributed by atoms with E-state index in [2.05, 4.69) is 37.7 Å². The van der Waals surface area contributed by atoms with Crippen LogP contribution < -0.4 is 10.5 Å². The van der Waals surface area contributed by atoms with Crippen molar-refractivity contribution in [1.29, 1.82) is 0 Å². The Morgan fingerprint density at radius 2 is 1.80 bits per heavy atom. The summed E-state index contributed by atoms with van der Waals surface area (Å²) >= 11 is 3.23. The number of halogens is 1. The summed E-state index contributed by atoms with van der Waals surface area (Å²) in [7, 11) is 1.62. The lowest BCUT2D eigenvalue weighted by atomic mass is 10.2. The van der Waals surface area contributed by atoms with Gasteiger partial charge in [-0.05, 0) is 46.1 Å². The molecule has 0 spiro atoms. The molecule has 20 heavy (non-hydrogen) atoms. The highest BCUT2D eigenvalue weighted by molar-refractivity contribution is 9.10. The van der Waals surface area contributed by atoms with E-state index in [1.54, 1.807) is 7.11 Å². The molecule has 0 saturated heterocycles. The standard InChI is InChI=1S/C13H10BrN3O.C2H6/c1-18-10-5-2-9(3-6-10)4-7-11-13(15)16-8-12(14)17-11;1-2/h2-3,5-6,8H,1H3,(H2,15,16);1-2H3. The fraction of sp³-hybridized carbons (Fsp3) is 0.200. The highest BCUT2D eigenvalue weighted by atomic mass is 79.9. The van der Waals surface area contributed by atoms with Gasteiger partial charge in [0.05, 0.1) is 13.3 Å². The quantitative estimate of drug-likeness (QED) is 0.813. The maximum Gasteiger partial charge on any atom is 0.158 e. The third-order valence-corrected chi connectivity index (χ3v) is 2.57. The van der Waals surface area contributed by atoms with E-state index >= 15 is 0 Å². The normalized spacial score (nSPS) is 8.80. The van der Waals surface area contributed by atoms with E-state index in [0.717, 1.165) is 11.3 Å². The van der Waals surface area contributed by atoms with Crippen LogP contribution in [0.3, 0.4) is 0 Å². The van der Waals surface area contributed by atoms with Crippen molar-refractivity contribution < 1.29 is 4.74 Å². The van der Waals surface area contributed by atoms with Gasteiger partial charge in [0.1, 0.15) is 10.4 Å². The van der Waals surface area contributed by atoms with Crippen LogP contribution in [0.1, 0.15) is 25.1 Å². The van der Waals surface area contributed by atoms with E-state index < -0.39 is 0 Å². The summed E-state index contributed by atoms with van der Waals surface area (Å²) in [4.78, 5) is 8.12. The third kappa shape index (κ3) is 4.56. The van der Waals surface area contributed by atoms with Crippen molar-refractivity contribution in [1.82, 2.24) is 9.97 Å². The van der Waals surface area contributed by atoms with Gasteiger partial charge >= 0.3 is 0 Å². The number of ether oxygens (including phenoxy) is 1. The van der Waals surface area contributed by atoms with Gasteiger partial charge in [0, 0.05) is 5.56 Å². The number of nitrogen functional groups attached to an aromatic ring is 1. The second-order valence-electron chi connectivity index (χ2n) is 3.41. The molecule has 1 aromatic carbocycles. The lowest BCUT2D eigenvalue weighted by molar-refractivity contribution is 0.415. The number of hydrogen-bond acceptors (Lipinski definition) is 4. The predicted molar refractivity (Wildman–Crippen MR) is 84.5 cm³/mol. The van der Waals surface area contributed by atoms with Crippen LogP contribution in [-0.2, 0) is 0 Å². The van der Waals surface area contributed by atoms with Crippen molar-refractivity contribution in [2.75, 3.05) is 12.8 Å². The van der Waals surface area contributed by atoms with Crippen LogP contribution >= 0.6 is 15.9 Å². The second kappa shape index (κ2) is 8.18. The molecule has 2 rings (SSSR count). The number of anilines is 1. The zero-order valence-electron chi connectivity index (χ0n) is 11.6. The van der Waals surface area contributed by atoms with Crippen LogP contribution in [0.2, 0.25) is 0 Å².